The minimum atomic E-state index is -3.77. The molecule has 1 fully saturated rings. The van der Waals surface area contributed by atoms with Crippen LogP contribution in [-0.2, 0) is 14.8 Å². The lowest BCUT2D eigenvalue weighted by Crippen LogP contribution is -2.24. The number of methoxy groups -OCH3 is 1. The van der Waals surface area contributed by atoms with Crippen molar-refractivity contribution in [3.05, 3.63) is 48.0 Å². The maximum atomic E-state index is 12.7. The lowest BCUT2D eigenvalue weighted by atomic mass is 9.88. The van der Waals surface area contributed by atoms with E-state index in [0.29, 0.717) is 17.1 Å². The number of hydrogen-bond acceptors (Lipinski definition) is 4. The van der Waals surface area contributed by atoms with Gasteiger partial charge in [0, 0.05) is 11.6 Å². The van der Waals surface area contributed by atoms with Gasteiger partial charge < -0.3 is 10.1 Å². The molecule has 3 rings (SSSR count). The van der Waals surface area contributed by atoms with Crippen LogP contribution < -0.4 is 14.8 Å². The Morgan fingerprint density at radius 2 is 1.71 bits per heavy atom. The Bertz CT molecular complexity index is 933. The molecule has 2 N–H and O–H groups in total. The zero-order valence-electron chi connectivity index (χ0n) is 16.2. The quantitative estimate of drug-likeness (QED) is 0.753. The highest BCUT2D eigenvalue weighted by Crippen LogP contribution is 2.28. The molecule has 2 aromatic carbocycles. The summed E-state index contributed by atoms with van der Waals surface area (Å²) in [7, 11) is -2.28. The third-order valence-corrected chi connectivity index (χ3v) is 6.39. The first kappa shape index (κ1) is 20.2. The first-order valence-corrected chi connectivity index (χ1v) is 11.0. The van der Waals surface area contributed by atoms with Crippen molar-refractivity contribution in [3.63, 3.8) is 0 Å². The minimum Gasteiger partial charge on any atom is -0.495 e. The molecule has 0 atom stereocenters. The predicted octanol–water partition coefficient (Wildman–Crippen LogP) is 4.32. The van der Waals surface area contributed by atoms with Gasteiger partial charge in [0.15, 0.2) is 0 Å². The fourth-order valence-electron chi connectivity index (χ4n) is 3.43. The summed E-state index contributed by atoms with van der Waals surface area (Å²) in [4.78, 5) is 12.5. The van der Waals surface area contributed by atoms with Crippen molar-refractivity contribution in [1.29, 1.82) is 0 Å². The van der Waals surface area contributed by atoms with Crippen molar-refractivity contribution in [2.75, 3.05) is 17.1 Å². The van der Waals surface area contributed by atoms with Crippen molar-refractivity contribution in [1.82, 2.24) is 0 Å². The average molecular weight is 403 g/mol. The fraction of sp³-hybridized carbons (Fsp3) is 0.381. The van der Waals surface area contributed by atoms with Gasteiger partial charge in [0.2, 0.25) is 5.91 Å². The van der Waals surface area contributed by atoms with Gasteiger partial charge >= 0.3 is 0 Å². The average Bonchev–Trinajstić information content (AvgIpc) is 2.69. The second-order valence-corrected chi connectivity index (χ2v) is 8.84. The molecule has 150 valence electrons. The van der Waals surface area contributed by atoms with E-state index in [9.17, 15) is 13.2 Å². The largest absolute Gasteiger partial charge is 0.495 e. The Labute approximate surface area is 166 Å². The Hall–Kier alpha value is -2.54. The highest BCUT2D eigenvalue weighted by Gasteiger charge is 2.21. The van der Waals surface area contributed by atoms with Crippen LogP contribution in [0.2, 0.25) is 0 Å². The predicted molar refractivity (Wildman–Crippen MR) is 110 cm³/mol. The maximum absolute atomic E-state index is 12.7. The maximum Gasteiger partial charge on any atom is 0.262 e. The first-order valence-electron chi connectivity index (χ1n) is 9.47. The van der Waals surface area contributed by atoms with Crippen LogP contribution in [0.1, 0.15) is 37.7 Å². The number of aryl methyl sites for hydroxylation is 1. The van der Waals surface area contributed by atoms with Gasteiger partial charge in [-0.25, -0.2) is 8.42 Å². The zero-order chi connectivity index (χ0) is 20.1. The van der Waals surface area contributed by atoms with E-state index in [0.717, 1.165) is 31.2 Å². The van der Waals surface area contributed by atoms with Crippen LogP contribution in [0.4, 0.5) is 11.4 Å². The van der Waals surface area contributed by atoms with Crippen LogP contribution in [-0.4, -0.2) is 21.4 Å². The standard InChI is InChI=1S/C21H26N2O4S/c1-15-8-13-20(27-2)19(14-15)23-28(25,26)18-11-9-17(10-12-18)22-21(24)16-6-4-3-5-7-16/h8-14,16,23H,3-7H2,1-2H3,(H,22,24). The third-order valence-electron chi connectivity index (χ3n) is 5.01. The van der Waals surface area contributed by atoms with Crippen LogP contribution >= 0.6 is 0 Å². The molecule has 0 spiro atoms. The molecular weight excluding hydrogens is 376 g/mol. The third kappa shape index (κ3) is 4.84. The van der Waals surface area contributed by atoms with Crippen molar-refractivity contribution < 1.29 is 17.9 Å². The molecule has 0 radical (unpaired) electrons. The van der Waals surface area contributed by atoms with Crippen LogP contribution in [0.25, 0.3) is 0 Å². The number of carbonyl (C=O) groups is 1. The number of rotatable bonds is 6. The van der Waals surface area contributed by atoms with E-state index in [1.807, 2.05) is 13.0 Å². The van der Waals surface area contributed by atoms with E-state index >= 15 is 0 Å². The zero-order valence-corrected chi connectivity index (χ0v) is 17.0. The number of anilines is 2. The molecule has 0 bridgehead atoms. The number of amides is 1. The monoisotopic (exact) mass is 402 g/mol. The molecule has 1 aliphatic rings. The summed E-state index contributed by atoms with van der Waals surface area (Å²) in [5.41, 5.74) is 1.90. The summed E-state index contributed by atoms with van der Waals surface area (Å²) in [6.07, 6.45) is 5.20. The molecule has 1 saturated carbocycles. The second kappa shape index (κ2) is 8.65. The van der Waals surface area contributed by atoms with Gasteiger partial charge in [-0.05, 0) is 61.7 Å². The van der Waals surface area contributed by atoms with Gasteiger partial charge in [-0.1, -0.05) is 25.3 Å². The van der Waals surface area contributed by atoms with E-state index in [2.05, 4.69) is 10.0 Å². The summed E-state index contributed by atoms with van der Waals surface area (Å²) in [5, 5.41) is 2.89. The Kier molecular flexibility index (Phi) is 6.24. The van der Waals surface area contributed by atoms with Gasteiger partial charge in [-0.2, -0.15) is 0 Å². The van der Waals surface area contributed by atoms with Crippen molar-refractivity contribution in [2.24, 2.45) is 5.92 Å². The lowest BCUT2D eigenvalue weighted by Gasteiger charge is -2.20. The lowest BCUT2D eigenvalue weighted by molar-refractivity contribution is -0.120. The number of carbonyl (C=O) groups excluding carboxylic acids is 1. The van der Waals surface area contributed by atoms with E-state index < -0.39 is 10.0 Å². The molecule has 7 heteroatoms. The SMILES string of the molecule is COc1ccc(C)cc1NS(=O)(=O)c1ccc(NC(=O)C2CCCCC2)cc1. The van der Waals surface area contributed by atoms with Crippen LogP contribution in [0.5, 0.6) is 5.75 Å². The summed E-state index contributed by atoms with van der Waals surface area (Å²) in [6.45, 7) is 1.88. The van der Waals surface area contributed by atoms with Crippen molar-refractivity contribution in [2.45, 2.75) is 43.9 Å². The summed E-state index contributed by atoms with van der Waals surface area (Å²) in [6, 6.07) is 11.5. The van der Waals surface area contributed by atoms with Crippen molar-refractivity contribution in [3.8, 4) is 5.75 Å². The Morgan fingerprint density at radius 1 is 1.04 bits per heavy atom. The molecule has 28 heavy (non-hydrogen) atoms. The van der Waals surface area contributed by atoms with Gasteiger partial charge in [0.25, 0.3) is 10.0 Å². The number of benzene rings is 2. The molecule has 0 saturated heterocycles. The van der Waals surface area contributed by atoms with Gasteiger partial charge in [0.1, 0.15) is 5.75 Å². The molecular formula is C21H26N2O4S. The molecule has 2 aromatic rings. The number of ether oxygens (including phenoxy) is 1. The Balaban J connectivity index is 1.71. The van der Waals surface area contributed by atoms with E-state index in [4.69, 9.17) is 4.74 Å². The smallest absolute Gasteiger partial charge is 0.262 e. The highest BCUT2D eigenvalue weighted by molar-refractivity contribution is 7.92. The highest BCUT2D eigenvalue weighted by atomic mass is 32.2. The molecule has 0 heterocycles. The summed E-state index contributed by atoms with van der Waals surface area (Å²) < 4.78 is 33.2. The second-order valence-electron chi connectivity index (χ2n) is 7.16. The number of sulfonamides is 1. The van der Waals surface area contributed by atoms with E-state index in [1.165, 1.54) is 25.7 Å². The molecule has 0 aliphatic heterocycles. The van der Waals surface area contributed by atoms with Gasteiger partial charge in [-0.3, -0.25) is 9.52 Å². The summed E-state index contributed by atoms with van der Waals surface area (Å²) >= 11 is 0. The van der Waals surface area contributed by atoms with E-state index in [1.54, 1.807) is 24.3 Å². The van der Waals surface area contributed by atoms with Crippen LogP contribution in [0, 0.1) is 12.8 Å². The fourth-order valence-corrected chi connectivity index (χ4v) is 4.49. The summed E-state index contributed by atoms with van der Waals surface area (Å²) in [5.74, 6) is 0.510. The molecule has 1 aliphatic carbocycles. The van der Waals surface area contributed by atoms with Crippen LogP contribution in [0.15, 0.2) is 47.4 Å². The normalized spacial score (nSPS) is 15.1. The topological polar surface area (TPSA) is 84.5 Å². The first-order chi connectivity index (χ1) is 13.4. The molecule has 0 aromatic heterocycles. The van der Waals surface area contributed by atoms with E-state index in [-0.39, 0.29) is 16.7 Å². The van der Waals surface area contributed by atoms with Gasteiger partial charge in [-0.15, -0.1) is 0 Å². The van der Waals surface area contributed by atoms with Gasteiger partial charge in [0.05, 0.1) is 17.7 Å². The Morgan fingerprint density at radius 3 is 2.36 bits per heavy atom. The van der Waals surface area contributed by atoms with Crippen LogP contribution in [0.3, 0.4) is 0 Å². The molecule has 0 unspecified atom stereocenters. The number of nitrogens with one attached hydrogen (secondary N) is 2. The van der Waals surface area contributed by atoms with Crippen molar-refractivity contribution >= 4 is 27.3 Å². The molecule has 1 amide bonds. The minimum absolute atomic E-state index is 0.0120. The number of hydrogen-bond donors (Lipinski definition) is 2. The molecule has 6 nitrogen and oxygen atoms in total.